The van der Waals surface area contributed by atoms with Crippen LogP contribution in [-0.2, 0) is 11.3 Å². The van der Waals surface area contributed by atoms with E-state index in [-0.39, 0.29) is 23.9 Å². The first-order valence-corrected chi connectivity index (χ1v) is 12.4. The number of rotatable bonds is 6. The van der Waals surface area contributed by atoms with Gasteiger partial charge in [-0.25, -0.2) is 0 Å². The smallest absolute Gasteiger partial charge is 0.254 e. The number of nitrogens with zero attached hydrogens (tertiary/aromatic N) is 1. The third-order valence-electron chi connectivity index (χ3n) is 6.81. The molecule has 1 aliphatic heterocycles. The largest absolute Gasteiger partial charge is 0.497 e. The quantitative estimate of drug-likeness (QED) is 0.543. The van der Waals surface area contributed by atoms with Crippen LogP contribution in [-0.4, -0.2) is 29.9 Å². The minimum Gasteiger partial charge on any atom is -0.497 e. The fourth-order valence-electron chi connectivity index (χ4n) is 5.26. The van der Waals surface area contributed by atoms with Crippen molar-refractivity contribution in [2.24, 2.45) is 0 Å². The number of ether oxygens (including phenoxy) is 1. The molecule has 2 heterocycles. The molecule has 2 atom stereocenters. The second kappa shape index (κ2) is 9.40. The van der Waals surface area contributed by atoms with E-state index in [4.69, 9.17) is 4.74 Å². The maximum Gasteiger partial charge on any atom is 0.254 e. The van der Waals surface area contributed by atoms with Gasteiger partial charge in [0.25, 0.3) is 5.91 Å². The van der Waals surface area contributed by atoms with Crippen LogP contribution in [0.1, 0.15) is 64.0 Å². The monoisotopic (exact) mass is 460 g/mol. The molecule has 0 unspecified atom stereocenters. The number of carbonyl (C=O) groups excluding carboxylic acids is 2. The summed E-state index contributed by atoms with van der Waals surface area (Å²) in [6.45, 7) is 0.406. The average molecular weight is 461 g/mol. The molecule has 0 spiro atoms. The molecule has 2 aliphatic rings. The zero-order chi connectivity index (χ0) is 22.8. The first kappa shape index (κ1) is 21.7. The van der Waals surface area contributed by atoms with E-state index in [0.29, 0.717) is 12.1 Å². The summed E-state index contributed by atoms with van der Waals surface area (Å²) in [6, 6.07) is 19.3. The summed E-state index contributed by atoms with van der Waals surface area (Å²) in [5.41, 5.74) is 2.44. The summed E-state index contributed by atoms with van der Waals surface area (Å²) < 4.78 is 5.32. The Morgan fingerprint density at radius 2 is 1.91 bits per heavy atom. The number of carbonyl (C=O) groups is 2. The highest BCUT2D eigenvalue weighted by atomic mass is 32.1. The lowest BCUT2D eigenvalue weighted by atomic mass is 9.80. The molecule has 2 aromatic carbocycles. The molecule has 1 N–H and O–H groups in total. The van der Waals surface area contributed by atoms with E-state index >= 15 is 0 Å². The van der Waals surface area contributed by atoms with Crippen LogP contribution >= 0.6 is 11.3 Å². The molecule has 5 rings (SSSR count). The molecule has 1 aliphatic carbocycles. The number of hydrogen-bond acceptors (Lipinski definition) is 4. The summed E-state index contributed by atoms with van der Waals surface area (Å²) in [5.74, 6) is 0.301. The number of hydrogen-bond donors (Lipinski definition) is 1. The number of methoxy groups -OCH3 is 1. The van der Waals surface area contributed by atoms with Gasteiger partial charge in [-0.05, 0) is 53.6 Å². The highest BCUT2D eigenvalue weighted by Crippen LogP contribution is 2.47. The second-order valence-electron chi connectivity index (χ2n) is 8.75. The van der Waals surface area contributed by atoms with E-state index in [1.54, 1.807) is 18.4 Å². The molecule has 33 heavy (non-hydrogen) atoms. The summed E-state index contributed by atoms with van der Waals surface area (Å²) in [4.78, 5) is 30.6. The third kappa shape index (κ3) is 4.15. The molecule has 170 valence electrons. The summed E-state index contributed by atoms with van der Waals surface area (Å²) in [6.07, 6.45) is 4.24. The Kier molecular flexibility index (Phi) is 6.18. The van der Waals surface area contributed by atoms with Gasteiger partial charge in [0.05, 0.1) is 19.1 Å². The van der Waals surface area contributed by atoms with Crippen molar-refractivity contribution < 1.29 is 14.3 Å². The van der Waals surface area contributed by atoms with Crippen molar-refractivity contribution in [3.63, 3.8) is 0 Å². The summed E-state index contributed by atoms with van der Waals surface area (Å²) >= 11 is 1.62. The molecule has 0 radical (unpaired) electrons. The Morgan fingerprint density at radius 1 is 1.09 bits per heavy atom. The summed E-state index contributed by atoms with van der Waals surface area (Å²) in [7, 11) is 1.64. The van der Waals surface area contributed by atoms with Crippen molar-refractivity contribution in [1.29, 1.82) is 0 Å². The first-order valence-electron chi connectivity index (χ1n) is 11.5. The summed E-state index contributed by atoms with van der Waals surface area (Å²) in [5, 5.41) is 5.18. The van der Waals surface area contributed by atoms with Crippen LogP contribution in [0, 0.1) is 0 Å². The number of fused-ring (bicyclic) bond motifs is 1. The number of amides is 2. The van der Waals surface area contributed by atoms with Crippen molar-refractivity contribution in [3.05, 3.63) is 87.6 Å². The zero-order valence-corrected chi connectivity index (χ0v) is 19.5. The Balaban J connectivity index is 1.52. The normalized spacial score (nSPS) is 20.5. The van der Waals surface area contributed by atoms with Crippen molar-refractivity contribution in [2.75, 3.05) is 7.11 Å². The second-order valence-corrected chi connectivity index (χ2v) is 9.72. The molecule has 0 saturated heterocycles. The van der Waals surface area contributed by atoms with Gasteiger partial charge in [0, 0.05) is 23.0 Å². The molecule has 6 heteroatoms. The Bertz CT molecular complexity index is 1140. The lowest BCUT2D eigenvalue weighted by Gasteiger charge is -2.44. The van der Waals surface area contributed by atoms with Gasteiger partial charge < -0.3 is 15.0 Å². The van der Waals surface area contributed by atoms with Gasteiger partial charge in [-0.15, -0.1) is 11.3 Å². The van der Waals surface area contributed by atoms with E-state index in [9.17, 15) is 9.59 Å². The fraction of sp³-hybridized carbons (Fsp3) is 0.333. The minimum absolute atomic E-state index is 0.0488. The van der Waals surface area contributed by atoms with Crippen LogP contribution < -0.4 is 10.1 Å². The van der Waals surface area contributed by atoms with E-state index < -0.39 is 5.92 Å². The van der Waals surface area contributed by atoms with Crippen molar-refractivity contribution in [2.45, 2.75) is 50.2 Å². The predicted octanol–water partition coefficient (Wildman–Crippen LogP) is 5.30. The highest BCUT2D eigenvalue weighted by molar-refractivity contribution is 7.10. The Labute approximate surface area is 198 Å². The average Bonchev–Trinajstić information content (AvgIpc) is 3.57. The standard InChI is InChI=1S/C27H28N2O3S/c1-32-20-11-6-8-18(16-20)17-28-26(30)24-21-12-4-5-13-22(21)27(31)29(19-9-2-3-10-19)25(24)23-14-7-15-33-23/h4-8,11-16,19,24-25H,2-3,9-10,17H2,1H3,(H,28,30)/t24-,25+/m1/s1. The van der Waals surface area contributed by atoms with E-state index in [1.807, 2.05) is 64.9 Å². The maximum atomic E-state index is 13.8. The minimum atomic E-state index is -0.455. The van der Waals surface area contributed by atoms with Crippen LogP contribution in [0.15, 0.2) is 66.0 Å². The van der Waals surface area contributed by atoms with Gasteiger partial charge in [-0.3, -0.25) is 9.59 Å². The van der Waals surface area contributed by atoms with E-state index in [2.05, 4.69) is 11.4 Å². The molecule has 3 aromatic rings. The van der Waals surface area contributed by atoms with Gasteiger partial charge in [-0.2, -0.15) is 0 Å². The molecule has 5 nitrogen and oxygen atoms in total. The molecule has 1 saturated carbocycles. The van der Waals surface area contributed by atoms with Crippen molar-refractivity contribution in [3.8, 4) is 5.75 Å². The van der Waals surface area contributed by atoms with E-state index in [1.165, 1.54) is 0 Å². The maximum absolute atomic E-state index is 13.8. The SMILES string of the molecule is COc1cccc(CNC(=O)[C@@H]2c3ccccc3C(=O)N(C3CCCC3)[C@H]2c2cccs2)c1. The Hall–Kier alpha value is -3.12. The number of nitrogens with one attached hydrogen (secondary N) is 1. The van der Waals surface area contributed by atoms with E-state index in [0.717, 1.165) is 47.4 Å². The number of benzene rings is 2. The van der Waals surface area contributed by atoms with Crippen LogP contribution in [0.4, 0.5) is 0 Å². The van der Waals surface area contributed by atoms with Crippen LogP contribution in [0.3, 0.4) is 0 Å². The molecule has 2 amide bonds. The molecular weight excluding hydrogens is 432 g/mol. The highest BCUT2D eigenvalue weighted by Gasteiger charge is 2.47. The lowest BCUT2D eigenvalue weighted by Crippen LogP contribution is -2.50. The molecule has 1 aromatic heterocycles. The van der Waals surface area contributed by atoms with Gasteiger partial charge in [0.1, 0.15) is 5.75 Å². The van der Waals surface area contributed by atoms with Crippen LogP contribution in [0.25, 0.3) is 0 Å². The van der Waals surface area contributed by atoms with Crippen molar-refractivity contribution >= 4 is 23.2 Å². The third-order valence-corrected chi connectivity index (χ3v) is 7.76. The topological polar surface area (TPSA) is 58.6 Å². The fourth-order valence-corrected chi connectivity index (χ4v) is 6.12. The molecule has 0 bridgehead atoms. The van der Waals surface area contributed by atoms with Crippen LogP contribution in [0.5, 0.6) is 5.75 Å². The van der Waals surface area contributed by atoms with Gasteiger partial charge >= 0.3 is 0 Å². The van der Waals surface area contributed by atoms with Gasteiger partial charge in [0.2, 0.25) is 5.91 Å². The Morgan fingerprint density at radius 3 is 2.67 bits per heavy atom. The van der Waals surface area contributed by atoms with Crippen molar-refractivity contribution in [1.82, 2.24) is 10.2 Å². The zero-order valence-electron chi connectivity index (χ0n) is 18.7. The molecule has 1 fully saturated rings. The molecular formula is C27H28N2O3S. The lowest BCUT2D eigenvalue weighted by molar-refractivity contribution is -0.124. The predicted molar refractivity (Wildman–Crippen MR) is 130 cm³/mol. The number of thiophene rings is 1. The van der Waals surface area contributed by atoms with Gasteiger partial charge in [-0.1, -0.05) is 49.2 Å². The first-order chi connectivity index (χ1) is 16.2. The van der Waals surface area contributed by atoms with Crippen LogP contribution in [0.2, 0.25) is 0 Å². The van der Waals surface area contributed by atoms with Gasteiger partial charge in [0.15, 0.2) is 0 Å².